The molecule has 1 aromatic rings. The normalized spacial score (nSPS) is 10.7. The van der Waals surface area contributed by atoms with E-state index in [4.69, 9.17) is 10.5 Å². The first kappa shape index (κ1) is 17.5. The van der Waals surface area contributed by atoms with Gasteiger partial charge in [0.05, 0.1) is 11.1 Å². The summed E-state index contributed by atoms with van der Waals surface area (Å²) in [5.74, 6) is -1.10. The third kappa shape index (κ3) is 5.82. The Bertz CT molecular complexity index is 564. The van der Waals surface area contributed by atoms with Crippen LogP contribution in [0.5, 0.6) is 0 Å². The minimum absolute atomic E-state index is 0.153. The zero-order valence-electron chi connectivity index (χ0n) is 12.9. The fourth-order valence-electron chi connectivity index (χ4n) is 1.65. The maximum Gasteiger partial charge on any atom is 0.407 e. The van der Waals surface area contributed by atoms with Crippen molar-refractivity contribution in [2.24, 2.45) is 5.73 Å². The van der Waals surface area contributed by atoms with Crippen molar-refractivity contribution in [2.45, 2.75) is 26.4 Å². The van der Waals surface area contributed by atoms with E-state index in [1.807, 2.05) is 0 Å². The Hall–Kier alpha value is -2.57. The summed E-state index contributed by atoms with van der Waals surface area (Å²) in [7, 11) is 0. The van der Waals surface area contributed by atoms with Gasteiger partial charge in [0.1, 0.15) is 5.60 Å². The van der Waals surface area contributed by atoms with Gasteiger partial charge in [0, 0.05) is 13.1 Å². The van der Waals surface area contributed by atoms with Gasteiger partial charge in [-0.15, -0.1) is 0 Å². The molecule has 4 N–H and O–H groups in total. The minimum Gasteiger partial charge on any atom is -0.444 e. The summed E-state index contributed by atoms with van der Waals surface area (Å²) >= 11 is 0. The molecule has 1 aromatic carbocycles. The van der Waals surface area contributed by atoms with Crippen molar-refractivity contribution in [3.63, 3.8) is 0 Å². The first-order chi connectivity index (χ1) is 10.2. The monoisotopic (exact) mass is 307 g/mol. The van der Waals surface area contributed by atoms with Crippen LogP contribution in [0.2, 0.25) is 0 Å². The number of rotatable bonds is 5. The summed E-state index contributed by atoms with van der Waals surface area (Å²) in [6, 6.07) is 6.26. The Kier molecular flexibility index (Phi) is 5.91. The molecule has 1 rings (SSSR count). The van der Waals surface area contributed by atoms with E-state index in [2.05, 4.69) is 10.6 Å². The largest absolute Gasteiger partial charge is 0.444 e. The van der Waals surface area contributed by atoms with Crippen LogP contribution in [0.4, 0.5) is 4.79 Å². The topological polar surface area (TPSA) is 111 Å². The first-order valence-corrected chi connectivity index (χ1v) is 6.84. The van der Waals surface area contributed by atoms with Gasteiger partial charge in [-0.05, 0) is 32.9 Å². The highest BCUT2D eigenvalue weighted by atomic mass is 16.6. The number of alkyl carbamates (subject to hydrolysis) is 1. The quantitative estimate of drug-likeness (QED) is 0.706. The number of ether oxygens (including phenoxy) is 1. The SMILES string of the molecule is CC(C)(C)OC(=O)NCCNC(=O)c1ccccc1C(N)=O. The van der Waals surface area contributed by atoms with Crippen molar-refractivity contribution in [2.75, 3.05) is 13.1 Å². The lowest BCUT2D eigenvalue weighted by atomic mass is 10.1. The molecule has 0 spiro atoms. The number of hydrogen-bond donors (Lipinski definition) is 3. The number of carbonyl (C=O) groups is 3. The third-order valence-corrected chi connectivity index (χ3v) is 2.52. The molecule has 0 aliphatic rings. The Morgan fingerprint density at radius 3 is 2.14 bits per heavy atom. The summed E-state index contributed by atoms with van der Waals surface area (Å²) in [5, 5.41) is 5.11. The van der Waals surface area contributed by atoms with Crippen LogP contribution in [0.3, 0.4) is 0 Å². The molecule has 0 radical (unpaired) electrons. The maximum atomic E-state index is 12.0. The van der Waals surface area contributed by atoms with E-state index >= 15 is 0 Å². The average molecular weight is 307 g/mol. The van der Waals surface area contributed by atoms with Crippen LogP contribution in [0.1, 0.15) is 41.5 Å². The van der Waals surface area contributed by atoms with Crippen LogP contribution in [0.25, 0.3) is 0 Å². The van der Waals surface area contributed by atoms with Crippen molar-refractivity contribution in [1.82, 2.24) is 10.6 Å². The molecule has 0 aromatic heterocycles. The van der Waals surface area contributed by atoms with Gasteiger partial charge in [-0.2, -0.15) is 0 Å². The van der Waals surface area contributed by atoms with Crippen LogP contribution in [0, 0.1) is 0 Å². The average Bonchev–Trinajstić information content (AvgIpc) is 2.41. The predicted molar refractivity (Wildman–Crippen MR) is 81.5 cm³/mol. The zero-order valence-corrected chi connectivity index (χ0v) is 12.9. The van der Waals surface area contributed by atoms with Crippen molar-refractivity contribution in [3.05, 3.63) is 35.4 Å². The summed E-state index contributed by atoms with van der Waals surface area (Å²) in [5.41, 5.74) is 4.99. The van der Waals surface area contributed by atoms with Crippen molar-refractivity contribution >= 4 is 17.9 Å². The van der Waals surface area contributed by atoms with Gasteiger partial charge in [0.2, 0.25) is 5.91 Å². The van der Waals surface area contributed by atoms with E-state index in [1.165, 1.54) is 12.1 Å². The summed E-state index contributed by atoms with van der Waals surface area (Å²) in [4.78, 5) is 34.6. The van der Waals surface area contributed by atoms with E-state index in [9.17, 15) is 14.4 Å². The van der Waals surface area contributed by atoms with E-state index in [0.717, 1.165) is 0 Å². The smallest absolute Gasteiger partial charge is 0.407 e. The highest BCUT2D eigenvalue weighted by molar-refractivity contribution is 6.06. The van der Waals surface area contributed by atoms with E-state index < -0.39 is 23.5 Å². The number of nitrogens with one attached hydrogen (secondary N) is 2. The lowest BCUT2D eigenvalue weighted by molar-refractivity contribution is 0.0526. The second-order valence-corrected chi connectivity index (χ2v) is 5.59. The molecule has 0 unspecified atom stereocenters. The van der Waals surface area contributed by atoms with E-state index in [0.29, 0.717) is 0 Å². The Morgan fingerprint density at radius 2 is 1.59 bits per heavy atom. The van der Waals surface area contributed by atoms with Crippen molar-refractivity contribution in [3.8, 4) is 0 Å². The molecule has 0 fully saturated rings. The third-order valence-electron chi connectivity index (χ3n) is 2.52. The number of benzene rings is 1. The van der Waals surface area contributed by atoms with Gasteiger partial charge in [-0.1, -0.05) is 12.1 Å². The minimum atomic E-state index is -0.669. The highest BCUT2D eigenvalue weighted by Gasteiger charge is 2.16. The Morgan fingerprint density at radius 1 is 1.05 bits per heavy atom. The highest BCUT2D eigenvalue weighted by Crippen LogP contribution is 2.08. The standard InChI is InChI=1S/C15H21N3O4/c1-15(2,3)22-14(21)18-9-8-17-13(20)11-7-5-4-6-10(11)12(16)19/h4-7H,8-9H2,1-3H3,(H2,16,19)(H,17,20)(H,18,21). The lowest BCUT2D eigenvalue weighted by Gasteiger charge is -2.19. The number of carbonyl (C=O) groups excluding carboxylic acids is 3. The molecule has 0 atom stereocenters. The molecule has 0 bridgehead atoms. The molecule has 0 heterocycles. The molecule has 0 saturated carbocycles. The maximum absolute atomic E-state index is 12.0. The van der Waals surface area contributed by atoms with Crippen LogP contribution < -0.4 is 16.4 Å². The molecule has 120 valence electrons. The van der Waals surface area contributed by atoms with Crippen LogP contribution in [-0.2, 0) is 4.74 Å². The van der Waals surface area contributed by atoms with Crippen LogP contribution in [-0.4, -0.2) is 36.6 Å². The molecule has 7 heteroatoms. The molecular weight excluding hydrogens is 286 g/mol. The van der Waals surface area contributed by atoms with Gasteiger partial charge in [0.25, 0.3) is 5.91 Å². The van der Waals surface area contributed by atoms with Crippen molar-refractivity contribution in [1.29, 1.82) is 0 Å². The van der Waals surface area contributed by atoms with Gasteiger partial charge in [-0.3, -0.25) is 9.59 Å². The number of primary amides is 1. The van der Waals surface area contributed by atoms with Gasteiger partial charge in [0.15, 0.2) is 0 Å². The summed E-state index contributed by atoms with van der Waals surface area (Å²) in [6.45, 7) is 5.68. The fourth-order valence-corrected chi connectivity index (χ4v) is 1.65. The Balaban J connectivity index is 2.45. The van der Waals surface area contributed by atoms with Gasteiger partial charge < -0.3 is 21.1 Å². The predicted octanol–water partition coefficient (Wildman–Crippen LogP) is 1.04. The Labute approximate surface area is 129 Å². The van der Waals surface area contributed by atoms with Gasteiger partial charge in [-0.25, -0.2) is 4.79 Å². The molecule has 0 aliphatic carbocycles. The molecule has 22 heavy (non-hydrogen) atoms. The molecule has 0 aliphatic heterocycles. The van der Waals surface area contributed by atoms with Gasteiger partial charge >= 0.3 is 6.09 Å². The number of nitrogens with two attached hydrogens (primary N) is 1. The van der Waals surface area contributed by atoms with E-state index in [-0.39, 0.29) is 24.2 Å². The van der Waals surface area contributed by atoms with E-state index in [1.54, 1.807) is 32.9 Å². The summed E-state index contributed by atoms with van der Waals surface area (Å²) < 4.78 is 5.06. The van der Waals surface area contributed by atoms with Crippen LogP contribution in [0.15, 0.2) is 24.3 Å². The number of hydrogen-bond acceptors (Lipinski definition) is 4. The second kappa shape index (κ2) is 7.44. The van der Waals surface area contributed by atoms with Crippen molar-refractivity contribution < 1.29 is 19.1 Å². The molecular formula is C15H21N3O4. The molecule has 0 saturated heterocycles. The molecule has 3 amide bonds. The lowest BCUT2D eigenvalue weighted by Crippen LogP contribution is -2.38. The number of amides is 3. The van der Waals surface area contributed by atoms with Crippen LogP contribution >= 0.6 is 0 Å². The first-order valence-electron chi connectivity index (χ1n) is 6.84. The zero-order chi connectivity index (χ0) is 16.8. The second-order valence-electron chi connectivity index (χ2n) is 5.59. The fraction of sp³-hybridized carbons (Fsp3) is 0.400. The summed E-state index contributed by atoms with van der Waals surface area (Å²) in [6.07, 6.45) is -0.556. The molecule has 7 nitrogen and oxygen atoms in total.